The van der Waals surface area contributed by atoms with E-state index in [1.807, 2.05) is 20.8 Å². The van der Waals surface area contributed by atoms with Gasteiger partial charge in [-0.05, 0) is 48.3 Å². The Bertz CT molecular complexity index is 446. The Balaban J connectivity index is 3.13. The molecule has 0 heterocycles. The number of amidine groups is 1. The van der Waals surface area contributed by atoms with Crippen molar-refractivity contribution in [2.24, 2.45) is 5.73 Å². The number of benzene rings is 1. The Morgan fingerprint density at radius 2 is 2.12 bits per heavy atom. The molecule has 5 heteroatoms. The molecule has 0 fully saturated rings. The van der Waals surface area contributed by atoms with Crippen LogP contribution in [0.1, 0.15) is 32.8 Å². The van der Waals surface area contributed by atoms with E-state index in [-0.39, 0.29) is 16.1 Å². The summed E-state index contributed by atoms with van der Waals surface area (Å²) in [5.74, 6) is -0.551. The highest BCUT2D eigenvalue weighted by Crippen LogP contribution is 2.31. The Morgan fingerprint density at radius 1 is 1.53 bits per heavy atom. The van der Waals surface area contributed by atoms with Gasteiger partial charge < -0.3 is 10.5 Å². The highest BCUT2D eigenvalue weighted by Gasteiger charge is 2.21. The summed E-state index contributed by atoms with van der Waals surface area (Å²) < 4.78 is 19.7. The molecule has 0 unspecified atom stereocenters. The Kier molecular flexibility index (Phi) is 4.14. The molecule has 0 saturated heterocycles. The van der Waals surface area contributed by atoms with Gasteiger partial charge in [0.15, 0.2) is 11.6 Å². The largest absolute Gasteiger partial charge is 0.485 e. The van der Waals surface area contributed by atoms with Crippen molar-refractivity contribution in [2.45, 2.75) is 32.8 Å². The van der Waals surface area contributed by atoms with Gasteiger partial charge in [0.2, 0.25) is 0 Å². The summed E-state index contributed by atoms with van der Waals surface area (Å²) in [4.78, 5) is 0. The van der Waals surface area contributed by atoms with Crippen LogP contribution < -0.4 is 10.5 Å². The van der Waals surface area contributed by atoms with Crippen LogP contribution >= 0.6 is 15.9 Å². The first kappa shape index (κ1) is 14.0. The summed E-state index contributed by atoms with van der Waals surface area (Å²) >= 11 is 3.09. The molecular weight excluding hydrogens is 287 g/mol. The molecule has 3 nitrogen and oxygen atoms in total. The normalized spacial score (nSPS) is 11.4. The number of hydrogen-bond acceptors (Lipinski definition) is 2. The Hall–Kier alpha value is -1.10. The minimum Gasteiger partial charge on any atom is -0.485 e. The van der Waals surface area contributed by atoms with Crippen molar-refractivity contribution in [1.82, 2.24) is 0 Å². The van der Waals surface area contributed by atoms with Crippen molar-refractivity contribution in [3.05, 3.63) is 28.0 Å². The topological polar surface area (TPSA) is 59.1 Å². The fraction of sp³-hybridized carbons (Fsp3) is 0.417. The number of ether oxygens (including phenoxy) is 1. The van der Waals surface area contributed by atoms with Crippen LogP contribution in [-0.2, 0) is 0 Å². The molecule has 0 aromatic heterocycles. The third-order valence-corrected chi connectivity index (χ3v) is 3.35. The molecule has 0 bridgehead atoms. The number of nitrogen functional groups attached to an aromatic ring is 1. The van der Waals surface area contributed by atoms with Crippen LogP contribution in [-0.4, -0.2) is 11.4 Å². The van der Waals surface area contributed by atoms with E-state index in [0.717, 1.165) is 6.42 Å². The van der Waals surface area contributed by atoms with E-state index in [1.54, 1.807) is 6.07 Å². The number of nitrogens with two attached hydrogens (primary N) is 1. The molecule has 94 valence electrons. The third kappa shape index (κ3) is 3.19. The molecule has 0 aliphatic carbocycles. The molecule has 1 aromatic rings. The summed E-state index contributed by atoms with van der Waals surface area (Å²) in [6.07, 6.45) is 0.762. The van der Waals surface area contributed by atoms with Gasteiger partial charge in [0, 0.05) is 5.56 Å². The predicted octanol–water partition coefficient (Wildman–Crippen LogP) is 3.44. The Labute approximate surface area is 109 Å². The SMILES string of the molecule is CCC(C)(C)Oc1ccc(C(=N)N)c(Br)c1F. The van der Waals surface area contributed by atoms with Crippen molar-refractivity contribution in [3.63, 3.8) is 0 Å². The van der Waals surface area contributed by atoms with Crippen molar-refractivity contribution in [1.29, 1.82) is 5.41 Å². The zero-order valence-corrected chi connectivity index (χ0v) is 11.7. The summed E-state index contributed by atoms with van der Waals surface area (Å²) in [7, 11) is 0. The fourth-order valence-corrected chi connectivity index (χ4v) is 1.73. The quantitative estimate of drug-likeness (QED) is 0.661. The minimum atomic E-state index is -0.528. The van der Waals surface area contributed by atoms with Gasteiger partial charge in [-0.25, -0.2) is 4.39 Å². The molecule has 0 aliphatic rings. The third-order valence-electron chi connectivity index (χ3n) is 2.57. The van der Waals surface area contributed by atoms with Gasteiger partial charge in [0.25, 0.3) is 0 Å². The number of rotatable bonds is 4. The zero-order chi connectivity index (χ0) is 13.2. The fourth-order valence-electron chi connectivity index (χ4n) is 1.19. The molecule has 0 spiro atoms. The lowest BCUT2D eigenvalue weighted by Gasteiger charge is -2.25. The molecule has 1 aromatic carbocycles. The summed E-state index contributed by atoms with van der Waals surface area (Å²) in [6, 6.07) is 3.06. The average molecular weight is 303 g/mol. The van der Waals surface area contributed by atoms with Gasteiger partial charge in [0.05, 0.1) is 4.47 Å². The molecular formula is C12H16BrFN2O. The van der Waals surface area contributed by atoms with E-state index < -0.39 is 11.4 Å². The van der Waals surface area contributed by atoms with Crippen LogP contribution in [0.4, 0.5) is 4.39 Å². The van der Waals surface area contributed by atoms with E-state index in [4.69, 9.17) is 15.9 Å². The maximum atomic E-state index is 14.0. The van der Waals surface area contributed by atoms with Gasteiger partial charge in [-0.15, -0.1) is 0 Å². The first-order valence-corrected chi connectivity index (χ1v) is 6.09. The second-order valence-corrected chi connectivity index (χ2v) is 5.16. The van der Waals surface area contributed by atoms with Crippen molar-refractivity contribution in [2.75, 3.05) is 0 Å². The van der Waals surface area contributed by atoms with Gasteiger partial charge in [-0.1, -0.05) is 6.92 Å². The molecule has 0 aliphatic heterocycles. The standard InChI is InChI=1S/C12H16BrFN2O/c1-4-12(2,3)17-8-6-5-7(11(15)16)9(13)10(8)14/h5-6H,4H2,1-3H3,(H3,15,16). The van der Waals surface area contributed by atoms with Crippen LogP contribution in [0.5, 0.6) is 5.75 Å². The second-order valence-electron chi connectivity index (χ2n) is 4.37. The summed E-state index contributed by atoms with van der Waals surface area (Å²) in [5, 5.41) is 7.30. The number of hydrogen-bond donors (Lipinski definition) is 2. The van der Waals surface area contributed by atoms with Crippen molar-refractivity contribution in [3.8, 4) is 5.75 Å². The van der Waals surface area contributed by atoms with E-state index in [1.165, 1.54) is 6.07 Å². The summed E-state index contributed by atoms with van der Waals surface area (Å²) in [6.45, 7) is 5.75. The maximum absolute atomic E-state index is 14.0. The van der Waals surface area contributed by atoms with Crippen LogP contribution in [0.15, 0.2) is 16.6 Å². The molecule has 0 amide bonds. The molecule has 17 heavy (non-hydrogen) atoms. The molecule has 3 N–H and O–H groups in total. The minimum absolute atomic E-state index is 0.161. The molecule has 1 rings (SSSR count). The number of halogens is 2. The molecule has 0 saturated carbocycles. The highest BCUT2D eigenvalue weighted by atomic mass is 79.9. The highest BCUT2D eigenvalue weighted by molar-refractivity contribution is 9.10. The first-order valence-electron chi connectivity index (χ1n) is 5.30. The lowest BCUT2D eigenvalue weighted by atomic mass is 10.1. The van der Waals surface area contributed by atoms with E-state index >= 15 is 0 Å². The lowest BCUT2D eigenvalue weighted by molar-refractivity contribution is 0.0993. The van der Waals surface area contributed by atoms with E-state index in [0.29, 0.717) is 5.56 Å². The number of nitrogens with one attached hydrogen (secondary N) is 1. The van der Waals surface area contributed by atoms with Crippen molar-refractivity contribution < 1.29 is 9.13 Å². The maximum Gasteiger partial charge on any atom is 0.179 e. The monoisotopic (exact) mass is 302 g/mol. The summed E-state index contributed by atoms with van der Waals surface area (Å²) in [5.41, 5.74) is 5.22. The van der Waals surface area contributed by atoms with Crippen LogP contribution in [0.2, 0.25) is 0 Å². The molecule has 0 atom stereocenters. The smallest absolute Gasteiger partial charge is 0.179 e. The van der Waals surface area contributed by atoms with Gasteiger partial charge >= 0.3 is 0 Å². The van der Waals surface area contributed by atoms with Crippen LogP contribution in [0, 0.1) is 11.2 Å². The van der Waals surface area contributed by atoms with Gasteiger partial charge in [-0.2, -0.15) is 0 Å². The zero-order valence-electron chi connectivity index (χ0n) is 10.1. The van der Waals surface area contributed by atoms with Crippen LogP contribution in [0.25, 0.3) is 0 Å². The average Bonchev–Trinajstić information content (AvgIpc) is 2.24. The molecule has 0 radical (unpaired) electrons. The Morgan fingerprint density at radius 3 is 2.59 bits per heavy atom. The lowest BCUT2D eigenvalue weighted by Crippen LogP contribution is -2.27. The van der Waals surface area contributed by atoms with Gasteiger partial charge in [-0.3, -0.25) is 5.41 Å². The van der Waals surface area contributed by atoms with Gasteiger partial charge in [0.1, 0.15) is 11.4 Å². The van der Waals surface area contributed by atoms with E-state index in [2.05, 4.69) is 15.9 Å². The predicted molar refractivity (Wildman–Crippen MR) is 70.1 cm³/mol. The first-order chi connectivity index (χ1) is 7.78. The van der Waals surface area contributed by atoms with Crippen LogP contribution in [0.3, 0.4) is 0 Å². The van der Waals surface area contributed by atoms with E-state index in [9.17, 15) is 4.39 Å². The van der Waals surface area contributed by atoms with Crippen molar-refractivity contribution >= 4 is 21.8 Å². The second kappa shape index (κ2) is 5.04.